The van der Waals surface area contributed by atoms with Crippen LogP contribution in [0.15, 0.2) is 0 Å². The molecule has 3 amide bonds. The topological polar surface area (TPSA) is 93.7 Å². The fourth-order valence-corrected chi connectivity index (χ4v) is 1.95. The van der Waals surface area contributed by atoms with Gasteiger partial charge in [-0.3, -0.25) is 15.0 Å². The number of aliphatic hydroxyl groups is 1. The van der Waals surface area contributed by atoms with Crippen LogP contribution in [-0.4, -0.2) is 67.3 Å². The number of β-amino-alcohol motifs (C(OH)–C–C–N with tert-alkyl or cyclic N) is 1. The molecule has 2 atom stereocenters. The first kappa shape index (κ1) is 14.9. The first-order chi connectivity index (χ1) is 8.38. The molecule has 1 aliphatic rings. The van der Waals surface area contributed by atoms with Crippen molar-refractivity contribution in [3.8, 4) is 0 Å². The highest BCUT2D eigenvalue weighted by Crippen LogP contribution is 2.16. The van der Waals surface area contributed by atoms with E-state index in [4.69, 9.17) is 0 Å². The second-order valence-electron chi connectivity index (χ2n) is 4.81. The van der Waals surface area contributed by atoms with Crippen LogP contribution in [-0.2, 0) is 4.79 Å². The predicted octanol–water partition coefficient (Wildman–Crippen LogP) is -1.51. The number of imide groups is 1. The number of nitrogens with zero attached hydrogens (tertiary/aromatic N) is 1. The monoisotopic (exact) mass is 258 g/mol. The van der Waals surface area contributed by atoms with Crippen LogP contribution in [0.2, 0.25) is 0 Å². The Morgan fingerprint density at radius 2 is 2.22 bits per heavy atom. The molecule has 7 nitrogen and oxygen atoms in total. The minimum absolute atomic E-state index is 0.383. The Bertz CT molecular complexity index is 315. The summed E-state index contributed by atoms with van der Waals surface area (Å²) in [5.41, 5.74) is -0.795. The van der Waals surface area contributed by atoms with Crippen molar-refractivity contribution >= 4 is 11.9 Å². The number of urea groups is 1. The van der Waals surface area contributed by atoms with Crippen molar-refractivity contribution in [1.82, 2.24) is 20.9 Å². The molecular formula is C11H22N4O3. The van der Waals surface area contributed by atoms with Crippen LogP contribution in [0.3, 0.4) is 0 Å². The Labute approximate surface area is 107 Å². The number of rotatable bonds is 4. The van der Waals surface area contributed by atoms with Gasteiger partial charge in [0.25, 0.3) is 0 Å². The third-order valence-electron chi connectivity index (χ3n) is 3.27. The summed E-state index contributed by atoms with van der Waals surface area (Å²) in [5.74, 6) is -0.383. The van der Waals surface area contributed by atoms with Crippen molar-refractivity contribution in [1.29, 1.82) is 0 Å². The quantitative estimate of drug-likeness (QED) is 0.492. The lowest BCUT2D eigenvalue weighted by Gasteiger charge is -2.31. The van der Waals surface area contributed by atoms with Crippen molar-refractivity contribution in [2.24, 2.45) is 0 Å². The Kier molecular flexibility index (Phi) is 5.06. The van der Waals surface area contributed by atoms with Crippen LogP contribution in [0.4, 0.5) is 4.79 Å². The second-order valence-corrected chi connectivity index (χ2v) is 4.81. The standard InChI is InChI=1S/C11H22N4O3/c1-8(9(16)14-10(17)12-2)15(3)7-11(18)4-5-13-6-11/h8,13,18H,4-7H2,1-3H3,(H2,12,14,16,17). The van der Waals surface area contributed by atoms with E-state index >= 15 is 0 Å². The van der Waals surface area contributed by atoms with Crippen molar-refractivity contribution in [2.75, 3.05) is 33.7 Å². The highest BCUT2D eigenvalue weighted by Gasteiger charge is 2.34. The van der Waals surface area contributed by atoms with E-state index in [-0.39, 0.29) is 5.91 Å². The summed E-state index contributed by atoms with van der Waals surface area (Å²) in [5, 5.41) is 17.8. The number of likely N-dealkylation sites (N-methyl/N-ethyl adjacent to an activating group) is 1. The Morgan fingerprint density at radius 3 is 2.72 bits per heavy atom. The van der Waals surface area contributed by atoms with Crippen LogP contribution in [0.25, 0.3) is 0 Å². The molecule has 1 rings (SSSR count). The molecule has 104 valence electrons. The number of hydrogen-bond acceptors (Lipinski definition) is 5. The predicted molar refractivity (Wildman–Crippen MR) is 67.1 cm³/mol. The zero-order chi connectivity index (χ0) is 13.8. The molecule has 18 heavy (non-hydrogen) atoms. The van der Waals surface area contributed by atoms with E-state index < -0.39 is 17.7 Å². The van der Waals surface area contributed by atoms with Gasteiger partial charge in [0, 0.05) is 20.1 Å². The van der Waals surface area contributed by atoms with Crippen molar-refractivity contribution < 1.29 is 14.7 Å². The number of nitrogens with one attached hydrogen (secondary N) is 3. The summed E-state index contributed by atoms with van der Waals surface area (Å²) in [6.45, 7) is 3.40. The Balaban J connectivity index is 2.47. The first-order valence-corrected chi connectivity index (χ1v) is 6.04. The third kappa shape index (κ3) is 3.94. The minimum Gasteiger partial charge on any atom is -0.387 e. The summed E-state index contributed by atoms with van der Waals surface area (Å²) in [6.07, 6.45) is 0.668. The number of carbonyl (C=O) groups excluding carboxylic acids is 2. The molecule has 0 aromatic heterocycles. The lowest BCUT2D eigenvalue weighted by Crippen LogP contribution is -2.52. The van der Waals surface area contributed by atoms with E-state index in [0.717, 1.165) is 6.54 Å². The van der Waals surface area contributed by atoms with Crippen LogP contribution in [0, 0.1) is 0 Å². The van der Waals surface area contributed by atoms with Crippen LogP contribution < -0.4 is 16.0 Å². The van der Waals surface area contributed by atoms with E-state index in [1.54, 1.807) is 18.9 Å². The molecule has 1 aliphatic heterocycles. The molecule has 0 radical (unpaired) electrons. The maximum atomic E-state index is 11.7. The largest absolute Gasteiger partial charge is 0.387 e. The molecule has 1 heterocycles. The van der Waals surface area contributed by atoms with Crippen molar-refractivity contribution in [3.63, 3.8) is 0 Å². The number of hydrogen-bond donors (Lipinski definition) is 4. The van der Waals surface area contributed by atoms with Gasteiger partial charge in [-0.05, 0) is 26.9 Å². The smallest absolute Gasteiger partial charge is 0.321 e. The van der Waals surface area contributed by atoms with Crippen molar-refractivity contribution in [3.05, 3.63) is 0 Å². The van der Waals surface area contributed by atoms with Gasteiger partial charge in [-0.25, -0.2) is 4.79 Å². The van der Waals surface area contributed by atoms with Gasteiger partial charge in [0.1, 0.15) is 0 Å². The highest BCUT2D eigenvalue weighted by atomic mass is 16.3. The Morgan fingerprint density at radius 1 is 1.56 bits per heavy atom. The fraction of sp³-hybridized carbons (Fsp3) is 0.818. The van der Waals surface area contributed by atoms with E-state index in [2.05, 4.69) is 16.0 Å². The van der Waals surface area contributed by atoms with E-state index in [1.807, 2.05) is 0 Å². The van der Waals surface area contributed by atoms with Gasteiger partial charge in [-0.2, -0.15) is 0 Å². The van der Waals surface area contributed by atoms with Gasteiger partial charge in [0.15, 0.2) is 0 Å². The van der Waals surface area contributed by atoms with Crippen LogP contribution in [0.5, 0.6) is 0 Å². The maximum absolute atomic E-state index is 11.7. The molecule has 0 bridgehead atoms. The maximum Gasteiger partial charge on any atom is 0.321 e. The molecule has 1 saturated heterocycles. The van der Waals surface area contributed by atoms with Gasteiger partial charge in [-0.15, -0.1) is 0 Å². The first-order valence-electron chi connectivity index (χ1n) is 6.04. The van der Waals surface area contributed by atoms with E-state index in [0.29, 0.717) is 19.5 Å². The molecule has 0 spiro atoms. The molecule has 1 fully saturated rings. The van der Waals surface area contributed by atoms with Crippen molar-refractivity contribution in [2.45, 2.75) is 25.0 Å². The van der Waals surface area contributed by atoms with Gasteiger partial charge in [0.05, 0.1) is 11.6 Å². The SMILES string of the molecule is CNC(=O)NC(=O)C(C)N(C)CC1(O)CCNC1. The average Bonchev–Trinajstić information content (AvgIpc) is 2.74. The highest BCUT2D eigenvalue weighted by molar-refractivity contribution is 5.96. The average molecular weight is 258 g/mol. The van der Waals surface area contributed by atoms with Gasteiger partial charge >= 0.3 is 6.03 Å². The third-order valence-corrected chi connectivity index (χ3v) is 3.27. The van der Waals surface area contributed by atoms with Crippen LogP contribution >= 0.6 is 0 Å². The summed E-state index contributed by atoms with van der Waals surface area (Å²) >= 11 is 0. The molecular weight excluding hydrogens is 236 g/mol. The van der Waals surface area contributed by atoms with E-state index in [9.17, 15) is 14.7 Å². The summed E-state index contributed by atoms with van der Waals surface area (Å²) in [6, 6.07) is -1.01. The fourth-order valence-electron chi connectivity index (χ4n) is 1.95. The minimum atomic E-state index is -0.795. The molecule has 7 heteroatoms. The van der Waals surface area contributed by atoms with Gasteiger partial charge in [0.2, 0.25) is 5.91 Å². The molecule has 0 aliphatic carbocycles. The molecule has 0 saturated carbocycles. The normalized spacial score (nSPS) is 24.9. The summed E-state index contributed by atoms with van der Waals surface area (Å²) in [7, 11) is 3.20. The second kappa shape index (κ2) is 6.12. The lowest BCUT2D eigenvalue weighted by atomic mass is 10.0. The zero-order valence-corrected chi connectivity index (χ0v) is 11.1. The zero-order valence-electron chi connectivity index (χ0n) is 11.1. The van der Waals surface area contributed by atoms with Gasteiger partial charge < -0.3 is 15.7 Å². The lowest BCUT2D eigenvalue weighted by molar-refractivity contribution is -0.125. The number of carbonyl (C=O) groups is 2. The molecule has 2 unspecified atom stereocenters. The molecule has 0 aromatic carbocycles. The summed E-state index contributed by atoms with van der Waals surface area (Å²) in [4.78, 5) is 24.5. The van der Waals surface area contributed by atoms with Crippen LogP contribution in [0.1, 0.15) is 13.3 Å². The Hall–Kier alpha value is -1.18. The number of amides is 3. The van der Waals surface area contributed by atoms with Gasteiger partial charge in [-0.1, -0.05) is 0 Å². The summed E-state index contributed by atoms with van der Waals surface area (Å²) < 4.78 is 0. The molecule has 0 aromatic rings. The molecule has 4 N–H and O–H groups in total. The van der Waals surface area contributed by atoms with E-state index in [1.165, 1.54) is 7.05 Å².